The maximum Gasteiger partial charge on any atom is 0.342 e. The Morgan fingerprint density at radius 1 is 1.56 bits per heavy atom. The van der Waals surface area contributed by atoms with E-state index in [-0.39, 0.29) is 17.4 Å². The van der Waals surface area contributed by atoms with Gasteiger partial charge in [0.15, 0.2) is 0 Å². The summed E-state index contributed by atoms with van der Waals surface area (Å²) in [6.07, 6.45) is 0.573. The number of hydrogen-bond acceptors (Lipinski definition) is 5. The van der Waals surface area contributed by atoms with Crippen LogP contribution in [0.2, 0.25) is 0 Å². The van der Waals surface area contributed by atoms with Gasteiger partial charge in [0, 0.05) is 22.8 Å². The Labute approximate surface area is 108 Å². The molecule has 0 aliphatic rings. The van der Waals surface area contributed by atoms with Crippen molar-refractivity contribution >= 4 is 23.4 Å². The maximum absolute atomic E-state index is 10.9. The SMILES string of the molecule is CC(CCO)Sc1ccc([N+](=O)[O-])c(C(=O)O)c1. The van der Waals surface area contributed by atoms with E-state index in [0.29, 0.717) is 11.3 Å². The summed E-state index contributed by atoms with van der Waals surface area (Å²) in [7, 11) is 0. The molecule has 1 rings (SSSR count). The lowest BCUT2D eigenvalue weighted by Gasteiger charge is -2.09. The molecule has 2 N–H and O–H groups in total. The van der Waals surface area contributed by atoms with Crippen molar-refractivity contribution in [1.82, 2.24) is 0 Å². The lowest BCUT2D eigenvalue weighted by Crippen LogP contribution is -2.04. The number of nitro benzene ring substituents is 1. The summed E-state index contributed by atoms with van der Waals surface area (Å²) in [6, 6.07) is 4.00. The quantitative estimate of drug-likeness (QED) is 0.467. The largest absolute Gasteiger partial charge is 0.477 e. The van der Waals surface area contributed by atoms with Crippen molar-refractivity contribution in [2.45, 2.75) is 23.5 Å². The molecule has 0 amide bonds. The van der Waals surface area contributed by atoms with Crippen molar-refractivity contribution < 1.29 is 19.9 Å². The van der Waals surface area contributed by atoms with E-state index in [1.165, 1.54) is 30.0 Å². The molecule has 1 aromatic rings. The number of carboxylic acid groups (broad SMARTS) is 1. The van der Waals surface area contributed by atoms with Gasteiger partial charge < -0.3 is 10.2 Å². The van der Waals surface area contributed by atoms with Gasteiger partial charge in [0.2, 0.25) is 0 Å². The van der Waals surface area contributed by atoms with E-state index in [1.54, 1.807) is 0 Å². The number of hydrogen-bond donors (Lipinski definition) is 2. The van der Waals surface area contributed by atoms with Crippen LogP contribution < -0.4 is 0 Å². The highest BCUT2D eigenvalue weighted by Gasteiger charge is 2.20. The summed E-state index contributed by atoms with van der Waals surface area (Å²) in [5.41, 5.74) is -0.733. The number of carboxylic acids is 1. The van der Waals surface area contributed by atoms with Gasteiger partial charge in [-0.1, -0.05) is 6.92 Å². The number of aliphatic hydroxyl groups is 1. The van der Waals surface area contributed by atoms with Gasteiger partial charge in [-0.15, -0.1) is 11.8 Å². The second-order valence-electron chi connectivity index (χ2n) is 3.68. The smallest absolute Gasteiger partial charge is 0.342 e. The first-order valence-electron chi connectivity index (χ1n) is 5.25. The van der Waals surface area contributed by atoms with E-state index in [1.807, 2.05) is 6.92 Å². The standard InChI is InChI=1S/C11H13NO5S/c1-7(4-5-13)18-8-2-3-10(12(16)17)9(6-8)11(14)15/h2-3,6-7,13H,4-5H2,1H3,(H,14,15). The fourth-order valence-electron chi connectivity index (χ4n) is 1.39. The molecule has 0 aromatic heterocycles. The van der Waals surface area contributed by atoms with Crippen molar-refractivity contribution in [3.05, 3.63) is 33.9 Å². The Bertz CT molecular complexity index is 463. The van der Waals surface area contributed by atoms with Gasteiger partial charge in [-0.2, -0.15) is 0 Å². The molecule has 0 saturated heterocycles. The third-order valence-electron chi connectivity index (χ3n) is 2.27. The van der Waals surface area contributed by atoms with E-state index in [4.69, 9.17) is 10.2 Å². The summed E-state index contributed by atoms with van der Waals surface area (Å²) < 4.78 is 0. The Morgan fingerprint density at radius 2 is 2.22 bits per heavy atom. The monoisotopic (exact) mass is 271 g/mol. The minimum Gasteiger partial charge on any atom is -0.477 e. The molecule has 0 radical (unpaired) electrons. The van der Waals surface area contributed by atoms with E-state index in [9.17, 15) is 14.9 Å². The zero-order valence-electron chi connectivity index (χ0n) is 9.70. The molecule has 1 aromatic carbocycles. The highest BCUT2D eigenvalue weighted by atomic mass is 32.2. The minimum atomic E-state index is -1.32. The molecule has 6 nitrogen and oxygen atoms in total. The van der Waals surface area contributed by atoms with Crippen LogP contribution in [-0.4, -0.2) is 33.0 Å². The van der Waals surface area contributed by atoms with E-state index in [0.717, 1.165) is 0 Å². The molecule has 0 bridgehead atoms. The average Bonchev–Trinajstić information content (AvgIpc) is 2.28. The molecule has 1 unspecified atom stereocenters. The number of benzene rings is 1. The van der Waals surface area contributed by atoms with Crippen LogP contribution in [0.1, 0.15) is 23.7 Å². The molecule has 0 fully saturated rings. The van der Waals surface area contributed by atoms with Gasteiger partial charge in [0.25, 0.3) is 5.69 Å². The molecule has 0 saturated carbocycles. The predicted octanol–water partition coefficient (Wildman–Crippen LogP) is 2.16. The van der Waals surface area contributed by atoms with Crippen molar-refractivity contribution in [1.29, 1.82) is 0 Å². The van der Waals surface area contributed by atoms with Crippen molar-refractivity contribution in [2.75, 3.05) is 6.61 Å². The summed E-state index contributed by atoms with van der Waals surface area (Å²) in [4.78, 5) is 21.5. The van der Waals surface area contributed by atoms with Crippen LogP contribution in [0.15, 0.2) is 23.1 Å². The number of rotatable bonds is 6. The van der Waals surface area contributed by atoms with Gasteiger partial charge in [-0.25, -0.2) is 4.79 Å². The normalized spacial score (nSPS) is 12.1. The first-order chi connectivity index (χ1) is 8.45. The van der Waals surface area contributed by atoms with Gasteiger partial charge >= 0.3 is 5.97 Å². The lowest BCUT2D eigenvalue weighted by molar-refractivity contribution is -0.385. The number of nitro groups is 1. The summed E-state index contributed by atoms with van der Waals surface area (Å²) in [5.74, 6) is -1.32. The molecular formula is C11H13NO5S. The fraction of sp³-hybridized carbons (Fsp3) is 0.364. The molecule has 98 valence electrons. The second kappa shape index (κ2) is 6.36. The molecule has 0 spiro atoms. The van der Waals surface area contributed by atoms with Crippen LogP contribution in [0.3, 0.4) is 0 Å². The van der Waals surface area contributed by atoms with Gasteiger partial charge in [-0.3, -0.25) is 10.1 Å². The fourth-order valence-corrected chi connectivity index (χ4v) is 2.41. The van der Waals surface area contributed by atoms with Crippen LogP contribution in [0.5, 0.6) is 0 Å². The van der Waals surface area contributed by atoms with Crippen LogP contribution in [0.25, 0.3) is 0 Å². The number of aromatic carboxylic acids is 1. The number of nitrogens with zero attached hydrogens (tertiary/aromatic N) is 1. The topological polar surface area (TPSA) is 101 Å². The molecule has 7 heteroatoms. The van der Waals surface area contributed by atoms with Crippen LogP contribution in [0.4, 0.5) is 5.69 Å². The Balaban J connectivity index is 3.00. The van der Waals surface area contributed by atoms with Crippen molar-refractivity contribution in [2.24, 2.45) is 0 Å². The van der Waals surface area contributed by atoms with Gasteiger partial charge in [0.05, 0.1) is 4.92 Å². The van der Waals surface area contributed by atoms with E-state index < -0.39 is 16.6 Å². The number of carbonyl (C=O) groups is 1. The van der Waals surface area contributed by atoms with Crippen molar-refractivity contribution in [3.63, 3.8) is 0 Å². The third-order valence-corrected chi connectivity index (χ3v) is 3.43. The minimum absolute atomic E-state index is 0.0485. The summed E-state index contributed by atoms with van der Waals surface area (Å²) >= 11 is 1.37. The zero-order valence-corrected chi connectivity index (χ0v) is 10.5. The highest BCUT2D eigenvalue weighted by molar-refractivity contribution is 7.99. The third kappa shape index (κ3) is 3.71. The van der Waals surface area contributed by atoms with Crippen LogP contribution >= 0.6 is 11.8 Å². The molecule has 0 aliphatic carbocycles. The molecule has 0 heterocycles. The molecule has 1 atom stereocenters. The first kappa shape index (κ1) is 14.5. The maximum atomic E-state index is 10.9. The Kier molecular flexibility index (Phi) is 5.11. The van der Waals surface area contributed by atoms with Crippen LogP contribution in [-0.2, 0) is 0 Å². The first-order valence-corrected chi connectivity index (χ1v) is 6.13. The predicted molar refractivity (Wildman–Crippen MR) is 67.1 cm³/mol. The molecular weight excluding hydrogens is 258 g/mol. The Morgan fingerprint density at radius 3 is 2.72 bits per heavy atom. The number of thioether (sulfide) groups is 1. The summed E-state index contributed by atoms with van der Waals surface area (Å²) in [6.45, 7) is 1.94. The van der Waals surface area contributed by atoms with E-state index in [2.05, 4.69) is 0 Å². The van der Waals surface area contributed by atoms with Gasteiger partial charge in [-0.05, 0) is 18.6 Å². The Hall–Kier alpha value is -1.60. The van der Waals surface area contributed by atoms with E-state index >= 15 is 0 Å². The average molecular weight is 271 g/mol. The number of aliphatic hydroxyl groups excluding tert-OH is 1. The molecule has 18 heavy (non-hydrogen) atoms. The summed E-state index contributed by atoms with van der Waals surface area (Å²) in [5, 5.41) is 28.5. The zero-order chi connectivity index (χ0) is 13.7. The van der Waals surface area contributed by atoms with Gasteiger partial charge in [0.1, 0.15) is 5.56 Å². The lowest BCUT2D eigenvalue weighted by atomic mass is 10.2. The van der Waals surface area contributed by atoms with Crippen molar-refractivity contribution in [3.8, 4) is 0 Å². The highest BCUT2D eigenvalue weighted by Crippen LogP contribution is 2.29. The molecule has 0 aliphatic heterocycles. The second-order valence-corrected chi connectivity index (χ2v) is 5.19. The van der Waals surface area contributed by atoms with Crippen LogP contribution in [0, 0.1) is 10.1 Å².